The van der Waals surface area contributed by atoms with E-state index in [2.05, 4.69) is 31.1 Å². The van der Waals surface area contributed by atoms with Crippen molar-refractivity contribution in [3.8, 4) is 5.75 Å². The number of hydrogen-bond acceptors (Lipinski definition) is 5. The van der Waals surface area contributed by atoms with Crippen molar-refractivity contribution >= 4 is 6.09 Å². The molecule has 6 nitrogen and oxygen atoms in total. The molecule has 0 radical (unpaired) electrons. The highest BCUT2D eigenvalue weighted by Gasteiger charge is 2.35. The molecule has 0 saturated carbocycles. The van der Waals surface area contributed by atoms with Crippen molar-refractivity contribution in [2.24, 2.45) is 0 Å². The molecule has 0 bridgehead atoms. The molecule has 1 heterocycles. The molecule has 35 heavy (non-hydrogen) atoms. The first-order chi connectivity index (χ1) is 16.6. The maximum Gasteiger partial charge on any atom is 0.410 e. The van der Waals surface area contributed by atoms with Crippen LogP contribution >= 0.6 is 0 Å². The van der Waals surface area contributed by atoms with Gasteiger partial charge in [-0.15, -0.1) is 0 Å². The van der Waals surface area contributed by atoms with E-state index in [4.69, 9.17) is 14.2 Å². The Balaban J connectivity index is 1.84. The van der Waals surface area contributed by atoms with Gasteiger partial charge in [-0.1, -0.05) is 24.3 Å². The molecule has 1 aliphatic heterocycles. The van der Waals surface area contributed by atoms with E-state index in [1.165, 1.54) is 11.6 Å². The van der Waals surface area contributed by atoms with Gasteiger partial charge in [-0.05, 0) is 72.8 Å². The lowest BCUT2D eigenvalue weighted by Crippen LogP contribution is -2.52. The third-order valence-corrected chi connectivity index (χ3v) is 6.07. The molecule has 0 aromatic heterocycles. The number of carbonyl (C=O) groups excluding carboxylic acids is 1. The summed E-state index contributed by atoms with van der Waals surface area (Å²) >= 11 is 0. The van der Waals surface area contributed by atoms with Gasteiger partial charge in [-0.3, -0.25) is 0 Å². The predicted molar refractivity (Wildman–Crippen MR) is 139 cm³/mol. The number of rotatable bonds is 10. The van der Waals surface area contributed by atoms with Crippen molar-refractivity contribution < 1.29 is 23.4 Å². The van der Waals surface area contributed by atoms with E-state index in [1.54, 1.807) is 19.9 Å². The Morgan fingerprint density at radius 3 is 2.40 bits per heavy atom. The molecule has 0 aliphatic carbocycles. The van der Waals surface area contributed by atoms with Gasteiger partial charge in [-0.25, -0.2) is 9.18 Å². The van der Waals surface area contributed by atoms with E-state index in [0.29, 0.717) is 37.8 Å². The largest absolute Gasteiger partial charge is 0.494 e. The van der Waals surface area contributed by atoms with Gasteiger partial charge < -0.3 is 24.0 Å². The van der Waals surface area contributed by atoms with Gasteiger partial charge in [0.15, 0.2) is 0 Å². The van der Waals surface area contributed by atoms with Crippen LogP contribution in [0.5, 0.6) is 5.75 Å². The zero-order chi connectivity index (χ0) is 26.0. The summed E-state index contributed by atoms with van der Waals surface area (Å²) in [4.78, 5) is 16.6. The van der Waals surface area contributed by atoms with Crippen LogP contribution in [0.2, 0.25) is 0 Å². The van der Waals surface area contributed by atoms with Crippen molar-refractivity contribution in [2.45, 2.75) is 65.0 Å². The predicted octanol–water partition coefficient (Wildman–Crippen LogP) is 5.95. The van der Waals surface area contributed by atoms with Gasteiger partial charge >= 0.3 is 6.09 Å². The minimum atomic E-state index is -0.497. The number of amides is 1. The number of hydrogen-bond donors (Lipinski definition) is 0. The maximum absolute atomic E-state index is 13.6. The van der Waals surface area contributed by atoms with Crippen LogP contribution in [0.3, 0.4) is 0 Å². The van der Waals surface area contributed by atoms with E-state index in [9.17, 15) is 9.18 Å². The van der Waals surface area contributed by atoms with Crippen molar-refractivity contribution in [1.82, 2.24) is 9.80 Å². The second kappa shape index (κ2) is 13.6. The molecule has 2 atom stereocenters. The summed E-state index contributed by atoms with van der Waals surface area (Å²) in [5, 5.41) is 0. The Kier molecular flexibility index (Phi) is 11.2. The molecular weight excluding hydrogens is 447 g/mol. The molecule has 2 rings (SSSR count). The number of likely N-dealkylation sites (N-methyl/N-ethyl adjacent to an activating group) is 1. The number of nitrogens with zero attached hydrogens (tertiary/aromatic N) is 2. The van der Waals surface area contributed by atoms with Gasteiger partial charge in [-0.2, -0.15) is 0 Å². The minimum Gasteiger partial charge on any atom is -0.494 e. The fourth-order valence-electron chi connectivity index (χ4n) is 4.16. The fraction of sp³-hybridized carbons (Fsp3) is 0.607. The monoisotopic (exact) mass is 490 g/mol. The molecule has 1 aromatic carbocycles. The topological polar surface area (TPSA) is 51.2 Å². The van der Waals surface area contributed by atoms with E-state index in [-0.39, 0.29) is 24.6 Å². The summed E-state index contributed by atoms with van der Waals surface area (Å²) in [5.74, 6) is 0.899. The third kappa shape index (κ3) is 9.30. The average molecular weight is 491 g/mol. The van der Waals surface area contributed by atoms with Crippen molar-refractivity contribution in [1.29, 1.82) is 0 Å². The van der Waals surface area contributed by atoms with Crippen LogP contribution in [0.15, 0.2) is 47.8 Å². The lowest BCUT2D eigenvalue weighted by molar-refractivity contribution is 0.0114. The molecule has 2 unspecified atom stereocenters. The van der Waals surface area contributed by atoms with Crippen LogP contribution in [0.1, 0.15) is 58.9 Å². The number of piperidine rings is 1. The number of likely N-dealkylation sites (tertiary alicyclic amines) is 1. The summed E-state index contributed by atoms with van der Waals surface area (Å²) in [7, 11) is 4.12. The highest BCUT2D eigenvalue weighted by Crippen LogP contribution is 2.32. The van der Waals surface area contributed by atoms with Gasteiger partial charge in [0.1, 0.15) is 17.2 Å². The van der Waals surface area contributed by atoms with Crippen molar-refractivity contribution in [3.05, 3.63) is 53.4 Å². The Labute approximate surface area is 210 Å². The van der Waals surface area contributed by atoms with Crippen LogP contribution in [0.25, 0.3) is 0 Å². The van der Waals surface area contributed by atoms with E-state index < -0.39 is 5.60 Å². The van der Waals surface area contributed by atoms with Gasteiger partial charge in [0.2, 0.25) is 0 Å². The minimum absolute atomic E-state index is 0.203. The second-order valence-electron chi connectivity index (χ2n) is 10.1. The number of allylic oxidation sites excluding steroid dienone is 2. The lowest BCUT2D eigenvalue weighted by atomic mass is 9.84. The van der Waals surface area contributed by atoms with Gasteiger partial charge in [0.05, 0.1) is 19.8 Å². The zero-order valence-corrected chi connectivity index (χ0v) is 22.5. The van der Waals surface area contributed by atoms with E-state index in [1.807, 2.05) is 37.8 Å². The van der Waals surface area contributed by atoms with Gasteiger partial charge in [0, 0.05) is 37.0 Å². The summed E-state index contributed by atoms with van der Waals surface area (Å²) in [5.41, 5.74) is 1.31. The maximum atomic E-state index is 13.6. The summed E-state index contributed by atoms with van der Waals surface area (Å²) in [6, 6.07) is 8.45. The normalized spacial score (nSPS) is 19.7. The molecule has 1 fully saturated rings. The molecule has 1 aliphatic rings. The number of halogens is 1. The van der Waals surface area contributed by atoms with E-state index in [0.717, 1.165) is 18.6 Å². The summed E-state index contributed by atoms with van der Waals surface area (Å²) in [6.45, 7) is 11.8. The Bertz CT molecular complexity index is 859. The molecule has 1 amide bonds. The molecule has 1 saturated heterocycles. The standard InChI is InChI=1S/C28H43FN2O4/c1-8-21(25(29)9-2)20-33-17-10-18-34-23-13-11-22(12-14-23)24-15-16-31(19-26(24)30(6)7)27(32)35-28(3,4)5/h8-9,11-14,24,26H,10,15-20H2,1-7H3/b21-8-,25-9+. The Hall–Kier alpha value is -2.38. The first kappa shape index (κ1) is 28.9. The van der Waals surface area contributed by atoms with Crippen LogP contribution < -0.4 is 4.74 Å². The van der Waals surface area contributed by atoms with Crippen LogP contribution in [-0.4, -0.2) is 74.5 Å². The molecule has 0 spiro atoms. The van der Waals surface area contributed by atoms with Gasteiger partial charge in [0.25, 0.3) is 0 Å². The van der Waals surface area contributed by atoms with Crippen molar-refractivity contribution in [3.63, 3.8) is 0 Å². The summed E-state index contributed by atoms with van der Waals surface area (Å²) in [6.07, 6.45) is 4.53. The SMILES string of the molecule is C/C=C(COCCCOc1ccc(C2CCN(C(=O)OC(C)(C)C)CC2N(C)C)cc1)\C(F)=C/C. The molecule has 196 valence electrons. The molecular formula is C28H43FN2O4. The van der Waals surface area contributed by atoms with E-state index >= 15 is 0 Å². The van der Waals surface area contributed by atoms with Crippen LogP contribution in [0, 0.1) is 0 Å². The second-order valence-corrected chi connectivity index (χ2v) is 10.1. The molecule has 7 heteroatoms. The highest BCUT2D eigenvalue weighted by molar-refractivity contribution is 5.68. The summed E-state index contributed by atoms with van der Waals surface area (Å²) < 4.78 is 30.6. The fourth-order valence-corrected chi connectivity index (χ4v) is 4.16. The van der Waals surface area contributed by atoms with Crippen LogP contribution in [-0.2, 0) is 9.47 Å². The number of ether oxygens (including phenoxy) is 3. The first-order valence-corrected chi connectivity index (χ1v) is 12.5. The number of carbonyl (C=O) groups is 1. The Morgan fingerprint density at radius 1 is 1.14 bits per heavy atom. The third-order valence-electron chi connectivity index (χ3n) is 6.07. The number of benzene rings is 1. The lowest BCUT2D eigenvalue weighted by Gasteiger charge is -2.42. The highest BCUT2D eigenvalue weighted by atomic mass is 19.1. The van der Waals surface area contributed by atoms with Crippen molar-refractivity contribution in [2.75, 3.05) is 47.0 Å². The first-order valence-electron chi connectivity index (χ1n) is 12.5. The smallest absolute Gasteiger partial charge is 0.410 e. The molecule has 0 N–H and O–H groups in total. The zero-order valence-electron chi connectivity index (χ0n) is 22.5. The average Bonchev–Trinajstić information content (AvgIpc) is 2.82. The van der Waals surface area contributed by atoms with Crippen LogP contribution in [0.4, 0.5) is 9.18 Å². The quantitative estimate of drug-likeness (QED) is 0.300. The Morgan fingerprint density at radius 2 is 1.83 bits per heavy atom. The molecule has 1 aromatic rings.